The third kappa shape index (κ3) is 3.06. The van der Waals surface area contributed by atoms with Crippen LogP contribution in [0.25, 0.3) is 0 Å². The number of ether oxygens (including phenoxy) is 2. The van der Waals surface area contributed by atoms with E-state index in [0.717, 1.165) is 11.2 Å². The van der Waals surface area contributed by atoms with Crippen molar-refractivity contribution in [1.82, 2.24) is 9.97 Å². The van der Waals surface area contributed by atoms with E-state index in [1.165, 1.54) is 18.4 Å². The average Bonchev–Trinajstić information content (AvgIpc) is 3.48. The summed E-state index contributed by atoms with van der Waals surface area (Å²) in [7, 11) is -0.472. The zero-order chi connectivity index (χ0) is 19.5. The Balaban J connectivity index is 1.32. The third-order valence-electron chi connectivity index (χ3n) is 6.20. The molecule has 1 saturated carbocycles. The Bertz CT molecular complexity index is 880. The lowest BCUT2D eigenvalue weighted by Crippen LogP contribution is -2.41. The molecule has 0 bridgehead atoms. The van der Waals surface area contributed by atoms with Gasteiger partial charge in [-0.25, -0.2) is 4.98 Å². The van der Waals surface area contributed by atoms with Crippen molar-refractivity contribution in [3.8, 4) is 11.6 Å². The van der Waals surface area contributed by atoms with E-state index >= 15 is 0 Å². The fourth-order valence-corrected chi connectivity index (χ4v) is 3.49. The van der Waals surface area contributed by atoms with Crippen molar-refractivity contribution in [1.29, 1.82) is 0 Å². The molecule has 4 heterocycles. The molecule has 2 aromatic heterocycles. The topological polar surface area (TPSA) is 62.7 Å². The summed E-state index contributed by atoms with van der Waals surface area (Å²) in [5.41, 5.74) is 2.21. The molecule has 3 aliphatic rings. The van der Waals surface area contributed by atoms with Crippen LogP contribution >= 0.6 is 0 Å². The quantitative estimate of drug-likeness (QED) is 0.763. The summed E-state index contributed by atoms with van der Waals surface area (Å²) in [6.07, 6.45) is 5.98. The molecule has 0 aromatic carbocycles. The van der Waals surface area contributed by atoms with Crippen molar-refractivity contribution in [3.63, 3.8) is 0 Å². The van der Waals surface area contributed by atoms with E-state index in [1.807, 2.05) is 46.0 Å². The molecule has 6 nitrogen and oxygen atoms in total. The fourth-order valence-electron chi connectivity index (χ4n) is 3.49. The van der Waals surface area contributed by atoms with Gasteiger partial charge in [-0.15, -0.1) is 0 Å². The third-order valence-corrected chi connectivity index (χ3v) is 6.20. The summed E-state index contributed by atoms with van der Waals surface area (Å²) in [6, 6.07) is 6.07. The standard InChI is InChI=1S/C21H25BN2O4/c1-20(2)21(3,4)28-22(27-20)15-9-17-19(24-11-15)26-18(12-25-17)16-8-7-14(10-23-16)13-5-6-13/h7-11,13,18H,5-6,12H2,1-4H3. The molecule has 0 amide bonds. The first-order valence-corrected chi connectivity index (χ1v) is 9.93. The van der Waals surface area contributed by atoms with Crippen LogP contribution in [0, 0.1) is 0 Å². The van der Waals surface area contributed by atoms with Gasteiger partial charge in [0.2, 0.25) is 0 Å². The molecule has 28 heavy (non-hydrogen) atoms. The van der Waals surface area contributed by atoms with Gasteiger partial charge < -0.3 is 18.8 Å². The highest BCUT2D eigenvalue weighted by atomic mass is 16.7. The average molecular weight is 380 g/mol. The lowest BCUT2D eigenvalue weighted by Gasteiger charge is -2.32. The summed E-state index contributed by atoms with van der Waals surface area (Å²) in [6.45, 7) is 8.53. The minimum Gasteiger partial charge on any atom is -0.484 e. The summed E-state index contributed by atoms with van der Waals surface area (Å²) in [5, 5.41) is 0. The van der Waals surface area contributed by atoms with Crippen LogP contribution in [0.2, 0.25) is 0 Å². The van der Waals surface area contributed by atoms with Gasteiger partial charge >= 0.3 is 7.12 Å². The summed E-state index contributed by atoms with van der Waals surface area (Å²) >= 11 is 0. The van der Waals surface area contributed by atoms with Gasteiger partial charge in [-0.2, -0.15) is 0 Å². The Kier molecular flexibility index (Phi) is 3.97. The summed E-state index contributed by atoms with van der Waals surface area (Å²) in [5.74, 6) is 1.78. The van der Waals surface area contributed by atoms with Crippen molar-refractivity contribution >= 4 is 12.6 Å². The minimum absolute atomic E-state index is 0.254. The molecule has 0 spiro atoms. The van der Waals surface area contributed by atoms with Gasteiger partial charge in [0.15, 0.2) is 11.9 Å². The van der Waals surface area contributed by atoms with Gasteiger partial charge in [0.25, 0.3) is 5.88 Å². The molecule has 0 radical (unpaired) electrons. The molecular formula is C21H25BN2O4. The second-order valence-corrected chi connectivity index (χ2v) is 8.87. The van der Waals surface area contributed by atoms with E-state index in [9.17, 15) is 0 Å². The molecule has 5 rings (SSSR count). The molecule has 146 valence electrons. The second-order valence-electron chi connectivity index (χ2n) is 8.87. The molecule has 2 aromatic rings. The highest BCUT2D eigenvalue weighted by molar-refractivity contribution is 6.62. The molecular weight excluding hydrogens is 355 g/mol. The van der Waals surface area contributed by atoms with Gasteiger partial charge in [-0.05, 0) is 64.2 Å². The molecule has 0 N–H and O–H groups in total. The lowest BCUT2D eigenvalue weighted by atomic mass is 9.80. The van der Waals surface area contributed by atoms with Gasteiger partial charge in [0.1, 0.15) is 6.61 Å². The number of aromatic nitrogens is 2. The maximum absolute atomic E-state index is 6.10. The summed E-state index contributed by atoms with van der Waals surface area (Å²) in [4.78, 5) is 9.03. The van der Waals surface area contributed by atoms with Crippen molar-refractivity contribution in [3.05, 3.63) is 41.9 Å². The first-order chi connectivity index (χ1) is 13.3. The van der Waals surface area contributed by atoms with Crippen LogP contribution in [-0.2, 0) is 9.31 Å². The molecule has 1 saturated heterocycles. The Hall–Kier alpha value is -2.12. The molecule has 2 fully saturated rings. The highest BCUT2D eigenvalue weighted by Gasteiger charge is 2.52. The molecule has 1 unspecified atom stereocenters. The highest BCUT2D eigenvalue weighted by Crippen LogP contribution is 2.40. The van der Waals surface area contributed by atoms with Crippen LogP contribution in [0.5, 0.6) is 11.6 Å². The number of fused-ring (bicyclic) bond motifs is 1. The van der Waals surface area contributed by atoms with Crippen LogP contribution in [0.3, 0.4) is 0 Å². The molecule has 1 aliphatic carbocycles. The first kappa shape index (κ1) is 17.9. The van der Waals surface area contributed by atoms with Crippen LogP contribution < -0.4 is 14.9 Å². The monoisotopic (exact) mass is 380 g/mol. The number of nitrogens with zero attached hydrogens (tertiary/aromatic N) is 2. The van der Waals surface area contributed by atoms with E-state index in [4.69, 9.17) is 18.8 Å². The Morgan fingerprint density at radius 2 is 1.75 bits per heavy atom. The normalized spacial score (nSPS) is 25.0. The maximum Gasteiger partial charge on any atom is 0.496 e. The summed E-state index contributed by atoms with van der Waals surface area (Å²) < 4.78 is 24.2. The number of rotatable bonds is 3. The van der Waals surface area contributed by atoms with Gasteiger partial charge in [0.05, 0.1) is 16.9 Å². The first-order valence-electron chi connectivity index (χ1n) is 9.93. The Labute approximate surface area is 165 Å². The second kappa shape index (κ2) is 6.19. The van der Waals surface area contributed by atoms with E-state index in [1.54, 1.807) is 6.20 Å². The smallest absolute Gasteiger partial charge is 0.484 e. The van der Waals surface area contributed by atoms with Gasteiger partial charge in [0, 0.05) is 17.9 Å². The number of hydrogen-bond acceptors (Lipinski definition) is 6. The largest absolute Gasteiger partial charge is 0.496 e. The lowest BCUT2D eigenvalue weighted by molar-refractivity contribution is 0.00578. The maximum atomic E-state index is 6.10. The van der Waals surface area contributed by atoms with Gasteiger partial charge in [-0.3, -0.25) is 4.98 Å². The van der Waals surface area contributed by atoms with Crippen molar-refractivity contribution in [2.75, 3.05) is 6.61 Å². The van der Waals surface area contributed by atoms with Crippen LogP contribution in [0.1, 0.15) is 63.8 Å². The van der Waals surface area contributed by atoms with E-state index < -0.39 is 18.3 Å². The van der Waals surface area contributed by atoms with Crippen LogP contribution in [0.4, 0.5) is 0 Å². The van der Waals surface area contributed by atoms with Gasteiger partial charge in [-0.1, -0.05) is 6.07 Å². The predicted octanol–water partition coefficient (Wildman–Crippen LogP) is 3.17. The van der Waals surface area contributed by atoms with E-state index in [2.05, 4.69) is 16.0 Å². The predicted molar refractivity (Wildman–Crippen MR) is 105 cm³/mol. The van der Waals surface area contributed by atoms with Crippen molar-refractivity contribution in [2.24, 2.45) is 0 Å². The zero-order valence-corrected chi connectivity index (χ0v) is 16.8. The van der Waals surface area contributed by atoms with Crippen LogP contribution in [0.15, 0.2) is 30.6 Å². The van der Waals surface area contributed by atoms with Crippen LogP contribution in [-0.4, -0.2) is 34.9 Å². The van der Waals surface area contributed by atoms with E-state index in [0.29, 0.717) is 24.2 Å². The molecule has 2 aliphatic heterocycles. The Morgan fingerprint density at radius 3 is 2.39 bits per heavy atom. The number of hydrogen-bond donors (Lipinski definition) is 0. The minimum atomic E-state index is -0.472. The molecule has 7 heteroatoms. The Morgan fingerprint density at radius 1 is 1.00 bits per heavy atom. The van der Waals surface area contributed by atoms with Crippen molar-refractivity contribution in [2.45, 2.75) is 63.8 Å². The zero-order valence-electron chi connectivity index (χ0n) is 16.8. The van der Waals surface area contributed by atoms with Crippen molar-refractivity contribution < 1.29 is 18.8 Å². The van der Waals surface area contributed by atoms with E-state index in [-0.39, 0.29) is 6.10 Å². The number of pyridine rings is 2. The molecule has 1 atom stereocenters. The fraction of sp³-hybridized carbons (Fsp3) is 0.524. The SMILES string of the molecule is CC1(C)OB(c2cnc3c(c2)OCC(c2ccc(C4CC4)cn2)O3)OC1(C)C.